The van der Waals surface area contributed by atoms with Crippen molar-refractivity contribution >= 4 is 12.0 Å². The summed E-state index contributed by atoms with van der Waals surface area (Å²) in [7, 11) is 1.35. The van der Waals surface area contributed by atoms with Gasteiger partial charge in [0.1, 0.15) is 5.82 Å². The number of methoxy groups -OCH3 is 1. The second kappa shape index (κ2) is 4.45. The first kappa shape index (κ1) is 9.51. The van der Waals surface area contributed by atoms with Crippen LogP contribution in [0.4, 0.5) is 0 Å². The van der Waals surface area contributed by atoms with Gasteiger partial charge in [-0.15, -0.1) is 0 Å². The molecule has 1 aromatic rings. The maximum atomic E-state index is 10.8. The molecule has 70 valence electrons. The maximum Gasteiger partial charge on any atom is 0.330 e. The second-order valence-electron chi connectivity index (χ2n) is 2.43. The molecule has 1 rings (SSSR count). The lowest BCUT2D eigenvalue weighted by atomic mass is 10.4. The summed E-state index contributed by atoms with van der Waals surface area (Å²) in [6, 6.07) is 0. The van der Waals surface area contributed by atoms with Crippen LogP contribution in [-0.4, -0.2) is 22.6 Å². The van der Waals surface area contributed by atoms with Crippen molar-refractivity contribution in [3.63, 3.8) is 0 Å². The molecule has 0 aliphatic heterocycles. The van der Waals surface area contributed by atoms with Gasteiger partial charge < -0.3 is 9.30 Å². The zero-order valence-corrected chi connectivity index (χ0v) is 7.73. The first-order chi connectivity index (χ1) is 6.27. The van der Waals surface area contributed by atoms with Gasteiger partial charge in [0.25, 0.3) is 0 Å². The highest BCUT2D eigenvalue weighted by atomic mass is 16.5. The number of aromatic nitrogens is 2. The molecule has 0 unspecified atom stereocenters. The van der Waals surface area contributed by atoms with Gasteiger partial charge in [-0.1, -0.05) is 0 Å². The van der Waals surface area contributed by atoms with Gasteiger partial charge in [-0.3, -0.25) is 0 Å². The van der Waals surface area contributed by atoms with Gasteiger partial charge in [-0.25, -0.2) is 9.78 Å². The Morgan fingerprint density at radius 1 is 1.77 bits per heavy atom. The van der Waals surface area contributed by atoms with E-state index in [0.29, 0.717) is 0 Å². The monoisotopic (exact) mass is 180 g/mol. The van der Waals surface area contributed by atoms with Gasteiger partial charge in [0, 0.05) is 25.0 Å². The van der Waals surface area contributed by atoms with E-state index in [0.717, 1.165) is 12.4 Å². The Bertz CT molecular complexity index is 315. The minimum absolute atomic E-state index is 0.370. The molecule has 0 amide bonds. The number of rotatable bonds is 3. The zero-order chi connectivity index (χ0) is 9.68. The van der Waals surface area contributed by atoms with Crippen LogP contribution in [0.2, 0.25) is 0 Å². The van der Waals surface area contributed by atoms with Crippen LogP contribution in [0.1, 0.15) is 12.7 Å². The molecule has 0 spiro atoms. The first-order valence-electron chi connectivity index (χ1n) is 4.05. The number of imidazole rings is 1. The normalized spacial score (nSPS) is 10.6. The molecule has 0 aliphatic rings. The molecule has 1 heterocycles. The Kier molecular flexibility index (Phi) is 3.25. The van der Waals surface area contributed by atoms with Crippen LogP contribution in [0.3, 0.4) is 0 Å². The molecule has 0 aromatic carbocycles. The van der Waals surface area contributed by atoms with Gasteiger partial charge in [0.2, 0.25) is 0 Å². The van der Waals surface area contributed by atoms with Gasteiger partial charge >= 0.3 is 5.97 Å². The lowest BCUT2D eigenvalue weighted by molar-refractivity contribution is -0.134. The largest absolute Gasteiger partial charge is 0.466 e. The number of carbonyl (C=O) groups is 1. The molecule has 0 atom stereocenters. The quantitative estimate of drug-likeness (QED) is 0.516. The van der Waals surface area contributed by atoms with Crippen LogP contribution in [-0.2, 0) is 16.1 Å². The van der Waals surface area contributed by atoms with Gasteiger partial charge in [-0.2, -0.15) is 0 Å². The van der Waals surface area contributed by atoms with Crippen molar-refractivity contribution in [1.29, 1.82) is 0 Å². The van der Waals surface area contributed by atoms with Crippen LogP contribution < -0.4 is 0 Å². The molecule has 0 N–H and O–H groups in total. The average Bonchev–Trinajstić information content (AvgIpc) is 2.61. The molecule has 13 heavy (non-hydrogen) atoms. The number of ether oxygens (including phenoxy) is 1. The molecule has 0 aliphatic carbocycles. The van der Waals surface area contributed by atoms with E-state index in [1.54, 1.807) is 12.3 Å². The summed E-state index contributed by atoms with van der Waals surface area (Å²) in [4.78, 5) is 14.8. The molecule has 0 saturated carbocycles. The summed E-state index contributed by atoms with van der Waals surface area (Å²) in [6.45, 7) is 2.85. The summed E-state index contributed by atoms with van der Waals surface area (Å²) in [5.74, 6) is 0.388. The maximum absolute atomic E-state index is 10.8. The number of nitrogens with zero attached hydrogens (tertiary/aromatic N) is 2. The van der Waals surface area contributed by atoms with Gasteiger partial charge in [0.15, 0.2) is 0 Å². The van der Waals surface area contributed by atoms with Crippen molar-refractivity contribution in [3.05, 3.63) is 24.3 Å². The summed E-state index contributed by atoms with van der Waals surface area (Å²) in [6.07, 6.45) is 6.54. The Morgan fingerprint density at radius 3 is 3.15 bits per heavy atom. The Labute approximate surface area is 76.8 Å². The number of hydrogen-bond donors (Lipinski definition) is 0. The number of carbonyl (C=O) groups excluding carboxylic acids is 1. The van der Waals surface area contributed by atoms with Crippen LogP contribution >= 0.6 is 0 Å². The molecule has 0 fully saturated rings. The topological polar surface area (TPSA) is 44.1 Å². The Morgan fingerprint density at radius 2 is 2.54 bits per heavy atom. The number of esters is 1. The lowest BCUT2D eigenvalue weighted by Gasteiger charge is -1.98. The van der Waals surface area contributed by atoms with E-state index in [-0.39, 0.29) is 5.97 Å². The minimum Gasteiger partial charge on any atom is -0.466 e. The Balaban J connectivity index is 2.73. The first-order valence-corrected chi connectivity index (χ1v) is 4.05. The highest BCUT2D eigenvalue weighted by Gasteiger charge is 1.97. The van der Waals surface area contributed by atoms with Crippen molar-refractivity contribution in [3.8, 4) is 0 Å². The summed E-state index contributed by atoms with van der Waals surface area (Å²) < 4.78 is 6.39. The third-order valence-electron chi connectivity index (χ3n) is 1.66. The van der Waals surface area contributed by atoms with E-state index in [4.69, 9.17) is 0 Å². The predicted octanol–water partition coefficient (Wildman–Crippen LogP) is 1.09. The highest BCUT2D eigenvalue weighted by molar-refractivity contribution is 5.86. The van der Waals surface area contributed by atoms with E-state index in [9.17, 15) is 4.79 Å². The summed E-state index contributed by atoms with van der Waals surface area (Å²) in [5.41, 5.74) is 0. The molecule has 0 bridgehead atoms. The van der Waals surface area contributed by atoms with E-state index in [1.807, 2.05) is 17.7 Å². The van der Waals surface area contributed by atoms with E-state index in [1.165, 1.54) is 13.2 Å². The molecule has 1 aromatic heterocycles. The van der Waals surface area contributed by atoms with Gasteiger partial charge in [0.05, 0.1) is 7.11 Å². The van der Waals surface area contributed by atoms with Crippen molar-refractivity contribution in [1.82, 2.24) is 9.55 Å². The van der Waals surface area contributed by atoms with E-state index >= 15 is 0 Å². The standard InChI is InChI=1S/C9H12N2O2/c1-3-11-7-6-10-8(11)4-5-9(12)13-2/h4-7H,3H2,1-2H3/b5-4+. The predicted molar refractivity (Wildman–Crippen MR) is 49.0 cm³/mol. The SMILES string of the molecule is CCn1ccnc1/C=C/C(=O)OC. The lowest BCUT2D eigenvalue weighted by Crippen LogP contribution is -1.97. The van der Waals surface area contributed by atoms with Gasteiger partial charge in [-0.05, 0) is 13.0 Å². The fourth-order valence-electron chi connectivity index (χ4n) is 0.957. The van der Waals surface area contributed by atoms with Crippen LogP contribution in [0, 0.1) is 0 Å². The summed E-state index contributed by atoms with van der Waals surface area (Å²) >= 11 is 0. The van der Waals surface area contributed by atoms with Crippen molar-refractivity contribution in [2.24, 2.45) is 0 Å². The molecular weight excluding hydrogens is 168 g/mol. The third-order valence-corrected chi connectivity index (χ3v) is 1.66. The Hall–Kier alpha value is -1.58. The second-order valence-corrected chi connectivity index (χ2v) is 2.43. The number of hydrogen-bond acceptors (Lipinski definition) is 3. The van der Waals surface area contributed by atoms with E-state index < -0.39 is 0 Å². The molecule has 4 heteroatoms. The number of aryl methyl sites for hydroxylation is 1. The summed E-state index contributed by atoms with van der Waals surface area (Å²) in [5, 5.41) is 0. The molecular formula is C9H12N2O2. The minimum atomic E-state index is -0.370. The van der Waals surface area contributed by atoms with Crippen molar-refractivity contribution in [2.75, 3.05) is 7.11 Å². The highest BCUT2D eigenvalue weighted by Crippen LogP contribution is 1.99. The fraction of sp³-hybridized carbons (Fsp3) is 0.333. The van der Waals surface area contributed by atoms with Crippen LogP contribution in [0.15, 0.2) is 18.5 Å². The van der Waals surface area contributed by atoms with E-state index in [2.05, 4.69) is 9.72 Å². The van der Waals surface area contributed by atoms with Crippen molar-refractivity contribution < 1.29 is 9.53 Å². The van der Waals surface area contributed by atoms with Crippen LogP contribution in [0.5, 0.6) is 0 Å². The molecule has 0 saturated heterocycles. The average molecular weight is 180 g/mol. The smallest absolute Gasteiger partial charge is 0.330 e. The fourth-order valence-corrected chi connectivity index (χ4v) is 0.957. The third kappa shape index (κ3) is 2.43. The van der Waals surface area contributed by atoms with Crippen LogP contribution in [0.25, 0.3) is 6.08 Å². The zero-order valence-electron chi connectivity index (χ0n) is 7.73. The van der Waals surface area contributed by atoms with Crippen molar-refractivity contribution in [2.45, 2.75) is 13.5 Å². The molecule has 4 nitrogen and oxygen atoms in total. The molecule has 0 radical (unpaired) electrons.